The van der Waals surface area contributed by atoms with E-state index in [-0.39, 0.29) is 5.91 Å². The van der Waals surface area contributed by atoms with E-state index in [0.717, 1.165) is 36.5 Å². The second-order valence-electron chi connectivity index (χ2n) is 7.65. The first-order valence-corrected chi connectivity index (χ1v) is 10.3. The Balaban J connectivity index is 1.52. The van der Waals surface area contributed by atoms with E-state index in [9.17, 15) is 4.79 Å². The molecule has 4 rings (SSSR count). The first-order chi connectivity index (χ1) is 14.6. The molecule has 1 amide bonds. The van der Waals surface area contributed by atoms with Crippen LogP contribution in [0.4, 0.5) is 5.69 Å². The van der Waals surface area contributed by atoms with E-state index in [4.69, 9.17) is 14.5 Å². The van der Waals surface area contributed by atoms with Crippen molar-refractivity contribution in [1.82, 2.24) is 14.5 Å². The first-order valence-electron chi connectivity index (χ1n) is 10.3. The van der Waals surface area contributed by atoms with Crippen LogP contribution in [0.2, 0.25) is 0 Å². The van der Waals surface area contributed by atoms with Gasteiger partial charge < -0.3 is 19.4 Å². The molecule has 7 heteroatoms. The molecular formula is C23H28N4O3. The lowest BCUT2D eigenvalue weighted by atomic mass is 10.1. The predicted molar refractivity (Wildman–Crippen MR) is 117 cm³/mol. The number of piperidine rings is 1. The van der Waals surface area contributed by atoms with Crippen molar-refractivity contribution in [1.29, 1.82) is 0 Å². The van der Waals surface area contributed by atoms with Crippen LogP contribution >= 0.6 is 0 Å². The van der Waals surface area contributed by atoms with E-state index in [1.807, 2.05) is 18.2 Å². The van der Waals surface area contributed by atoms with Crippen molar-refractivity contribution in [2.45, 2.75) is 25.8 Å². The molecule has 0 unspecified atom stereocenters. The molecule has 1 aromatic heterocycles. The molecule has 2 heterocycles. The Kier molecular flexibility index (Phi) is 5.90. The molecule has 7 nitrogen and oxygen atoms in total. The number of amides is 1. The molecule has 1 fully saturated rings. The maximum atomic E-state index is 12.7. The Hall–Kier alpha value is -3.06. The van der Waals surface area contributed by atoms with Crippen molar-refractivity contribution in [3.05, 3.63) is 47.8 Å². The number of anilines is 1. The number of nitrogens with one attached hydrogen (secondary N) is 1. The largest absolute Gasteiger partial charge is 0.493 e. The molecule has 1 aliphatic heterocycles. The van der Waals surface area contributed by atoms with Gasteiger partial charge in [-0.3, -0.25) is 9.69 Å². The first kappa shape index (κ1) is 20.2. The number of imidazole rings is 1. The highest BCUT2D eigenvalue weighted by atomic mass is 16.5. The van der Waals surface area contributed by atoms with E-state index >= 15 is 0 Å². The minimum atomic E-state index is -0.209. The highest BCUT2D eigenvalue weighted by molar-refractivity contribution is 6.05. The third kappa shape index (κ3) is 4.11. The van der Waals surface area contributed by atoms with Gasteiger partial charge in [-0.25, -0.2) is 4.98 Å². The smallest absolute Gasteiger partial charge is 0.255 e. The predicted octanol–water partition coefficient (Wildman–Crippen LogP) is 3.83. The van der Waals surface area contributed by atoms with Crippen molar-refractivity contribution in [2.75, 3.05) is 32.6 Å². The number of hydrogen-bond donors (Lipinski definition) is 1. The fourth-order valence-corrected chi connectivity index (χ4v) is 3.97. The van der Waals surface area contributed by atoms with Gasteiger partial charge in [0.2, 0.25) is 0 Å². The summed E-state index contributed by atoms with van der Waals surface area (Å²) in [6.45, 7) is 3.13. The van der Waals surface area contributed by atoms with Crippen LogP contribution < -0.4 is 14.8 Å². The molecule has 3 aromatic rings. The molecule has 0 saturated carbocycles. The Labute approximate surface area is 176 Å². The fraction of sp³-hybridized carbons (Fsp3) is 0.391. The number of fused-ring (bicyclic) bond motifs is 1. The number of carbonyl (C=O) groups excluding carboxylic acids is 1. The lowest BCUT2D eigenvalue weighted by Gasteiger charge is -2.25. The maximum absolute atomic E-state index is 12.7. The summed E-state index contributed by atoms with van der Waals surface area (Å²) in [7, 11) is 5.17. The summed E-state index contributed by atoms with van der Waals surface area (Å²) in [4.78, 5) is 20.0. The zero-order valence-corrected chi connectivity index (χ0v) is 17.8. The molecule has 1 aliphatic rings. The quantitative estimate of drug-likeness (QED) is 0.671. The lowest BCUT2D eigenvalue weighted by Crippen LogP contribution is -2.30. The average Bonchev–Trinajstić information content (AvgIpc) is 3.08. The fourth-order valence-electron chi connectivity index (χ4n) is 3.97. The maximum Gasteiger partial charge on any atom is 0.255 e. The van der Waals surface area contributed by atoms with Crippen LogP contribution in [-0.4, -0.2) is 47.7 Å². The van der Waals surface area contributed by atoms with Gasteiger partial charge in [-0.1, -0.05) is 6.42 Å². The third-order valence-corrected chi connectivity index (χ3v) is 5.69. The van der Waals surface area contributed by atoms with Crippen LogP contribution in [0.1, 0.15) is 35.4 Å². The Bertz CT molecular complexity index is 1050. The van der Waals surface area contributed by atoms with Crippen LogP contribution in [0.25, 0.3) is 11.0 Å². The molecule has 158 valence electrons. The summed E-state index contributed by atoms with van der Waals surface area (Å²) in [5.74, 6) is 1.95. The third-order valence-electron chi connectivity index (χ3n) is 5.69. The van der Waals surface area contributed by atoms with Gasteiger partial charge in [0.1, 0.15) is 5.82 Å². The number of methoxy groups -OCH3 is 2. The van der Waals surface area contributed by atoms with Crippen molar-refractivity contribution >= 4 is 22.6 Å². The van der Waals surface area contributed by atoms with Gasteiger partial charge in [-0.05, 0) is 62.3 Å². The van der Waals surface area contributed by atoms with Gasteiger partial charge in [-0.15, -0.1) is 0 Å². The van der Waals surface area contributed by atoms with Gasteiger partial charge in [0.15, 0.2) is 11.5 Å². The number of rotatable bonds is 6. The number of nitrogens with zero attached hydrogens (tertiary/aromatic N) is 3. The molecule has 0 bridgehead atoms. The summed E-state index contributed by atoms with van der Waals surface area (Å²) in [6.07, 6.45) is 3.84. The second kappa shape index (κ2) is 8.75. The van der Waals surface area contributed by atoms with Crippen molar-refractivity contribution in [2.24, 2.45) is 7.05 Å². The van der Waals surface area contributed by atoms with Crippen molar-refractivity contribution < 1.29 is 14.3 Å². The minimum Gasteiger partial charge on any atom is -0.493 e. The monoisotopic (exact) mass is 408 g/mol. The van der Waals surface area contributed by atoms with Crippen LogP contribution in [-0.2, 0) is 13.6 Å². The van der Waals surface area contributed by atoms with E-state index in [1.165, 1.54) is 19.3 Å². The molecule has 0 radical (unpaired) electrons. The van der Waals surface area contributed by atoms with Gasteiger partial charge in [0.25, 0.3) is 5.91 Å². The number of benzene rings is 2. The van der Waals surface area contributed by atoms with Gasteiger partial charge in [-0.2, -0.15) is 0 Å². The molecule has 1 saturated heterocycles. The number of likely N-dealkylation sites (tertiary alicyclic amines) is 1. The molecule has 0 spiro atoms. The Morgan fingerprint density at radius 3 is 2.53 bits per heavy atom. The SMILES string of the molecule is COc1ccc(C(=O)Nc2ccc3c(c2)nc(CN2CCCCC2)n3C)cc1OC. The van der Waals surface area contributed by atoms with E-state index in [0.29, 0.717) is 22.7 Å². The number of ether oxygens (including phenoxy) is 2. The topological polar surface area (TPSA) is 68.6 Å². The molecule has 2 aromatic carbocycles. The van der Waals surface area contributed by atoms with Crippen molar-refractivity contribution in [3.8, 4) is 11.5 Å². The number of aromatic nitrogens is 2. The molecule has 1 N–H and O–H groups in total. The average molecular weight is 409 g/mol. The Morgan fingerprint density at radius 1 is 1.03 bits per heavy atom. The summed E-state index contributed by atoms with van der Waals surface area (Å²) < 4.78 is 12.7. The minimum absolute atomic E-state index is 0.209. The molecule has 0 aliphatic carbocycles. The number of hydrogen-bond acceptors (Lipinski definition) is 5. The van der Waals surface area contributed by atoms with Crippen molar-refractivity contribution in [3.63, 3.8) is 0 Å². The molecule has 30 heavy (non-hydrogen) atoms. The van der Waals surface area contributed by atoms with Gasteiger partial charge in [0.05, 0.1) is 31.8 Å². The zero-order chi connectivity index (χ0) is 21.1. The normalized spacial score (nSPS) is 14.6. The van der Waals surface area contributed by atoms with Gasteiger partial charge in [0, 0.05) is 18.3 Å². The standard InChI is InChI=1S/C23H28N4O3/c1-26-19-9-8-17(14-18(19)25-22(26)15-27-11-5-4-6-12-27)24-23(28)16-7-10-20(29-2)21(13-16)30-3/h7-10,13-14H,4-6,11-12,15H2,1-3H3,(H,24,28). The van der Waals surface area contributed by atoms with E-state index in [1.54, 1.807) is 32.4 Å². The lowest BCUT2D eigenvalue weighted by molar-refractivity contribution is 0.102. The highest BCUT2D eigenvalue weighted by Gasteiger charge is 2.16. The zero-order valence-electron chi connectivity index (χ0n) is 17.8. The molecular weight excluding hydrogens is 380 g/mol. The summed E-state index contributed by atoms with van der Waals surface area (Å²) >= 11 is 0. The van der Waals surface area contributed by atoms with Crippen LogP contribution in [0.5, 0.6) is 11.5 Å². The highest BCUT2D eigenvalue weighted by Crippen LogP contribution is 2.28. The summed E-state index contributed by atoms with van der Waals surface area (Å²) in [5.41, 5.74) is 3.16. The van der Waals surface area contributed by atoms with E-state index in [2.05, 4.69) is 21.8 Å². The summed E-state index contributed by atoms with van der Waals surface area (Å²) in [6, 6.07) is 11.0. The Morgan fingerprint density at radius 2 is 1.80 bits per heavy atom. The van der Waals surface area contributed by atoms with Crippen LogP contribution in [0, 0.1) is 0 Å². The van der Waals surface area contributed by atoms with Crippen LogP contribution in [0.15, 0.2) is 36.4 Å². The summed E-state index contributed by atoms with van der Waals surface area (Å²) in [5, 5.41) is 2.95. The number of aryl methyl sites for hydroxylation is 1. The van der Waals surface area contributed by atoms with Gasteiger partial charge >= 0.3 is 0 Å². The number of carbonyl (C=O) groups is 1. The van der Waals surface area contributed by atoms with E-state index < -0.39 is 0 Å². The molecule has 0 atom stereocenters. The second-order valence-corrected chi connectivity index (χ2v) is 7.65. The van der Waals surface area contributed by atoms with Crippen LogP contribution in [0.3, 0.4) is 0 Å².